The topological polar surface area (TPSA) is 65.6 Å². The zero-order valence-electron chi connectivity index (χ0n) is 13.5. The minimum absolute atomic E-state index is 0.0208. The van der Waals surface area contributed by atoms with Gasteiger partial charge < -0.3 is 18.9 Å². The Kier molecular flexibility index (Phi) is 4.93. The molecule has 1 aromatic heterocycles. The maximum Gasteiger partial charge on any atom is 0.151 e. The third kappa shape index (κ3) is 3.14. The number of rotatable bonds is 6. The fourth-order valence-corrected chi connectivity index (χ4v) is 3.83. The lowest BCUT2D eigenvalue weighted by Gasteiger charge is -2.18. The molecule has 0 amide bonds. The third-order valence-electron chi connectivity index (χ3n) is 4.57. The highest BCUT2D eigenvalue weighted by molar-refractivity contribution is 14.1. The van der Waals surface area contributed by atoms with Gasteiger partial charge in [0.25, 0.3) is 0 Å². The first kappa shape index (κ1) is 16.6. The number of fused-ring (bicyclic) bond motifs is 2. The van der Waals surface area contributed by atoms with E-state index < -0.39 is 0 Å². The molecular weight excluding hydrogens is 423 g/mol. The fourth-order valence-electron chi connectivity index (χ4n) is 3.26. The summed E-state index contributed by atoms with van der Waals surface area (Å²) in [6.07, 6.45) is 2.03. The van der Waals surface area contributed by atoms with Crippen LogP contribution in [0.3, 0.4) is 0 Å². The highest BCUT2D eigenvalue weighted by Crippen LogP contribution is 2.32. The molecule has 2 saturated heterocycles. The molecule has 3 heterocycles. The van der Waals surface area contributed by atoms with E-state index in [4.69, 9.17) is 18.9 Å². The quantitative estimate of drug-likeness (QED) is 0.549. The molecule has 2 aliphatic heterocycles. The van der Waals surface area contributed by atoms with E-state index in [0.29, 0.717) is 13.2 Å². The van der Waals surface area contributed by atoms with E-state index in [1.165, 1.54) is 0 Å². The number of hydrogen-bond acceptors (Lipinski definition) is 5. The van der Waals surface area contributed by atoms with Crippen molar-refractivity contribution in [3.05, 3.63) is 21.9 Å². The Bertz CT molecular complexity index is 707. The summed E-state index contributed by atoms with van der Waals surface area (Å²) in [7, 11) is 0. The number of H-pyrrole nitrogens is 1. The van der Waals surface area contributed by atoms with Crippen LogP contribution in [0.15, 0.2) is 18.2 Å². The number of nitrogens with one attached hydrogen (secondary N) is 1. The molecule has 6 nitrogen and oxygen atoms in total. The van der Waals surface area contributed by atoms with Crippen molar-refractivity contribution in [1.29, 1.82) is 0 Å². The zero-order valence-corrected chi connectivity index (χ0v) is 15.7. The van der Waals surface area contributed by atoms with Gasteiger partial charge in [-0.2, -0.15) is 5.10 Å². The summed E-state index contributed by atoms with van der Waals surface area (Å²) in [5.41, 5.74) is 1.01. The SMILES string of the molecule is CCCCO[C@@H]1CO[C@H]2[C@@H]1OC[C@H]2Oc1ccc2[nH]nc(I)c2c1. The maximum absolute atomic E-state index is 6.15. The summed E-state index contributed by atoms with van der Waals surface area (Å²) in [5, 5.41) is 8.27. The molecule has 0 spiro atoms. The normalized spacial score (nSPS) is 29.2. The number of benzene rings is 1. The summed E-state index contributed by atoms with van der Waals surface area (Å²) in [6.45, 7) is 4.03. The van der Waals surface area contributed by atoms with Crippen LogP contribution in [0.4, 0.5) is 0 Å². The van der Waals surface area contributed by atoms with Gasteiger partial charge in [0, 0.05) is 12.0 Å². The number of ether oxygens (including phenoxy) is 4. The van der Waals surface area contributed by atoms with Gasteiger partial charge in [-0.3, -0.25) is 5.10 Å². The second-order valence-corrected chi connectivity index (χ2v) is 7.26. The first-order valence-corrected chi connectivity index (χ1v) is 9.49. The molecule has 1 N–H and O–H groups in total. The highest BCUT2D eigenvalue weighted by atomic mass is 127. The van der Waals surface area contributed by atoms with E-state index in [1.807, 2.05) is 18.2 Å². The molecule has 0 radical (unpaired) electrons. The summed E-state index contributed by atoms with van der Waals surface area (Å²) in [5.74, 6) is 0.815. The average Bonchev–Trinajstić information content (AvgIpc) is 3.26. The third-order valence-corrected chi connectivity index (χ3v) is 5.39. The van der Waals surface area contributed by atoms with Crippen molar-refractivity contribution < 1.29 is 18.9 Å². The van der Waals surface area contributed by atoms with E-state index in [0.717, 1.165) is 39.8 Å². The lowest BCUT2D eigenvalue weighted by atomic mass is 10.1. The van der Waals surface area contributed by atoms with E-state index in [9.17, 15) is 0 Å². The fraction of sp³-hybridized carbons (Fsp3) is 0.588. The Labute approximate surface area is 154 Å². The van der Waals surface area contributed by atoms with Crippen LogP contribution >= 0.6 is 22.6 Å². The molecule has 0 bridgehead atoms. The van der Waals surface area contributed by atoms with Gasteiger partial charge in [0.15, 0.2) is 6.10 Å². The molecule has 7 heteroatoms. The van der Waals surface area contributed by atoms with Crippen LogP contribution in [0.1, 0.15) is 19.8 Å². The molecule has 2 fully saturated rings. The number of aromatic amines is 1. The molecule has 4 atom stereocenters. The van der Waals surface area contributed by atoms with Crippen LogP contribution in [-0.2, 0) is 14.2 Å². The molecule has 24 heavy (non-hydrogen) atoms. The number of nitrogens with zero attached hydrogens (tertiary/aromatic N) is 1. The molecular formula is C17H21IN2O4. The number of aromatic nitrogens is 2. The Morgan fingerprint density at radius 2 is 2.04 bits per heavy atom. The summed E-state index contributed by atoms with van der Waals surface area (Å²) < 4.78 is 24.8. The van der Waals surface area contributed by atoms with Crippen molar-refractivity contribution in [1.82, 2.24) is 10.2 Å². The summed E-state index contributed by atoms with van der Waals surface area (Å²) >= 11 is 2.21. The molecule has 4 rings (SSSR count). The number of unbranched alkanes of at least 4 members (excludes halogenated alkanes) is 1. The zero-order chi connectivity index (χ0) is 16.5. The first-order valence-electron chi connectivity index (χ1n) is 8.41. The minimum Gasteiger partial charge on any atom is -0.485 e. The maximum atomic E-state index is 6.15. The van der Waals surface area contributed by atoms with Crippen LogP contribution in [-0.4, -0.2) is 54.4 Å². The van der Waals surface area contributed by atoms with Gasteiger partial charge in [-0.05, 0) is 47.2 Å². The van der Waals surface area contributed by atoms with Crippen molar-refractivity contribution >= 4 is 33.5 Å². The first-order chi connectivity index (χ1) is 11.8. The van der Waals surface area contributed by atoms with Crippen molar-refractivity contribution in [3.8, 4) is 5.75 Å². The average molecular weight is 444 g/mol. The van der Waals surface area contributed by atoms with Crippen molar-refractivity contribution in [2.24, 2.45) is 0 Å². The Morgan fingerprint density at radius 1 is 1.25 bits per heavy atom. The molecule has 0 aliphatic carbocycles. The summed E-state index contributed by atoms with van der Waals surface area (Å²) in [4.78, 5) is 0. The van der Waals surface area contributed by atoms with Gasteiger partial charge in [-0.1, -0.05) is 13.3 Å². The molecule has 0 unspecified atom stereocenters. The monoisotopic (exact) mass is 444 g/mol. The number of hydrogen-bond donors (Lipinski definition) is 1. The van der Waals surface area contributed by atoms with Gasteiger partial charge in [-0.25, -0.2) is 0 Å². The van der Waals surface area contributed by atoms with E-state index >= 15 is 0 Å². The Balaban J connectivity index is 1.41. The molecule has 1 aromatic carbocycles. The Hall–Kier alpha value is -0.900. The predicted molar refractivity (Wildman–Crippen MR) is 97.4 cm³/mol. The van der Waals surface area contributed by atoms with E-state index in [1.54, 1.807) is 0 Å². The summed E-state index contributed by atoms with van der Waals surface area (Å²) in [6, 6.07) is 5.95. The van der Waals surface area contributed by atoms with Gasteiger partial charge in [-0.15, -0.1) is 0 Å². The van der Waals surface area contributed by atoms with Crippen molar-refractivity contribution in [2.75, 3.05) is 19.8 Å². The van der Waals surface area contributed by atoms with Gasteiger partial charge in [0.1, 0.15) is 27.8 Å². The minimum atomic E-state index is -0.100. The standard InChI is InChI=1S/C17H21IN2O4/c1-2-3-6-21-13-8-22-16-14(9-23-15(13)16)24-10-4-5-12-11(7-10)17(18)20-19-12/h4-5,7,13-16H,2-3,6,8-9H2,1H3,(H,19,20)/t13-,14-,15-,16-/m1/s1. The van der Waals surface area contributed by atoms with Crippen molar-refractivity contribution in [3.63, 3.8) is 0 Å². The van der Waals surface area contributed by atoms with Crippen LogP contribution in [0.2, 0.25) is 0 Å². The van der Waals surface area contributed by atoms with Crippen LogP contribution in [0.5, 0.6) is 5.75 Å². The van der Waals surface area contributed by atoms with Gasteiger partial charge in [0.2, 0.25) is 0 Å². The largest absolute Gasteiger partial charge is 0.485 e. The molecule has 0 saturated carbocycles. The molecule has 2 aromatic rings. The van der Waals surface area contributed by atoms with Gasteiger partial charge in [0.05, 0.1) is 18.7 Å². The Morgan fingerprint density at radius 3 is 2.88 bits per heavy atom. The van der Waals surface area contributed by atoms with E-state index in [2.05, 4.69) is 39.7 Å². The second kappa shape index (κ2) is 7.15. The second-order valence-electron chi connectivity index (χ2n) is 6.24. The van der Waals surface area contributed by atoms with E-state index in [-0.39, 0.29) is 24.4 Å². The predicted octanol–water partition coefficient (Wildman–Crippen LogP) is 2.90. The molecule has 130 valence electrons. The van der Waals surface area contributed by atoms with Crippen LogP contribution in [0.25, 0.3) is 10.9 Å². The van der Waals surface area contributed by atoms with Gasteiger partial charge >= 0.3 is 0 Å². The highest BCUT2D eigenvalue weighted by Gasteiger charge is 2.49. The number of halogens is 1. The van der Waals surface area contributed by atoms with Crippen molar-refractivity contribution in [2.45, 2.75) is 44.2 Å². The smallest absolute Gasteiger partial charge is 0.151 e. The van der Waals surface area contributed by atoms with Crippen LogP contribution < -0.4 is 4.74 Å². The molecule has 2 aliphatic rings. The lowest BCUT2D eigenvalue weighted by Crippen LogP contribution is -2.35. The lowest BCUT2D eigenvalue weighted by molar-refractivity contribution is -0.0359. The van der Waals surface area contributed by atoms with Crippen LogP contribution in [0, 0.1) is 3.70 Å².